The van der Waals surface area contributed by atoms with Gasteiger partial charge in [-0.25, -0.2) is 4.39 Å². The Balaban J connectivity index is 2.41. The first-order chi connectivity index (χ1) is 10.6. The molecule has 2 nitrogen and oxygen atoms in total. The zero-order valence-electron chi connectivity index (χ0n) is 12.0. The molecule has 112 valence electrons. The van der Waals surface area contributed by atoms with Crippen LogP contribution in [0.15, 0.2) is 56.1 Å². The Kier molecular flexibility index (Phi) is 4.12. The molecule has 1 heterocycles. The van der Waals surface area contributed by atoms with Gasteiger partial charge in [-0.05, 0) is 30.7 Å². The molecule has 3 aromatic rings. The minimum Gasteiger partial charge on any atom is -0.460 e. The van der Waals surface area contributed by atoms with Crippen molar-refractivity contribution in [3.63, 3.8) is 0 Å². The molecule has 22 heavy (non-hydrogen) atoms. The van der Waals surface area contributed by atoms with E-state index in [4.69, 9.17) is 4.42 Å². The van der Waals surface area contributed by atoms with Crippen LogP contribution in [0.4, 0.5) is 4.39 Å². The molecule has 0 radical (unpaired) electrons. The summed E-state index contributed by atoms with van der Waals surface area (Å²) in [4.78, 5) is 12.9. The maximum Gasteiger partial charge on any atom is 0.200 e. The fourth-order valence-electron chi connectivity index (χ4n) is 2.55. The molecule has 0 N–H and O–H groups in total. The van der Waals surface area contributed by atoms with Crippen molar-refractivity contribution < 1.29 is 8.81 Å². The molecule has 0 aliphatic rings. The summed E-state index contributed by atoms with van der Waals surface area (Å²) in [7, 11) is 0. The SMILES string of the molecule is CCCc1oc2ccc(Br)cc2c(=O)c1-c1ccccc1F. The minimum absolute atomic E-state index is 0.198. The quantitative estimate of drug-likeness (QED) is 0.633. The Hall–Kier alpha value is -1.94. The molecule has 0 spiro atoms. The fourth-order valence-corrected chi connectivity index (χ4v) is 2.91. The first-order valence-electron chi connectivity index (χ1n) is 7.12. The van der Waals surface area contributed by atoms with Crippen molar-refractivity contribution in [2.24, 2.45) is 0 Å². The van der Waals surface area contributed by atoms with Crippen LogP contribution >= 0.6 is 15.9 Å². The third-order valence-electron chi connectivity index (χ3n) is 3.55. The van der Waals surface area contributed by atoms with Crippen molar-refractivity contribution in [2.45, 2.75) is 19.8 Å². The lowest BCUT2D eigenvalue weighted by molar-refractivity contribution is 0.533. The van der Waals surface area contributed by atoms with E-state index in [1.807, 2.05) is 13.0 Å². The summed E-state index contributed by atoms with van der Waals surface area (Å²) in [5.41, 5.74) is 0.944. The van der Waals surface area contributed by atoms with Crippen LogP contribution in [0.3, 0.4) is 0 Å². The van der Waals surface area contributed by atoms with Crippen LogP contribution in [-0.4, -0.2) is 0 Å². The van der Waals surface area contributed by atoms with Gasteiger partial charge in [-0.1, -0.05) is 41.1 Å². The molecule has 0 atom stereocenters. The van der Waals surface area contributed by atoms with E-state index >= 15 is 0 Å². The molecule has 4 heteroatoms. The normalized spacial score (nSPS) is 11.0. The van der Waals surface area contributed by atoms with E-state index in [0.717, 1.165) is 10.9 Å². The van der Waals surface area contributed by atoms with Gasteiger partial charge < -0.3 is 4.42 Å². The summed E-state index contributed by atoms with van der Waals surface area (Å²) in [6, 6.07) is 11.6. The minimum atomic E-state index is -0.415. The Morgan fingerprint density at radius 2 is 1.95 bits per heavy atom. The van der Waals surface area contributed by atoms with Crippen LogP contribution in [0.5, 0.6) is 0 Å². The van der Waals surface area contributed by atoms with Gasteiger partial charge in [-0.2, -0.15) is 0 Å². The number of fused-ring (bicyclic) bond motifs is 1. The molecule has 0 unspecified atom stereocenters. The molecule has 0 saturated carbocycles. The maximum atomic E-state index is 14.2. The smallest absolute Gasteiger partial charge is 0.200 e. The standard InChI is InChI=1S/C18H14BrFO2/c1-2-5-16-17(12-6-3-4-7-14(12)20)18(21)13-10-11(19)8-9-15(13)22-16/h3-4,6-10H,2,5H2,1H3. The summed E-state index contributed by atoms with van der Waals surface area (Å²) in [5, 5.41) is 0.451. The van der Waals surface area contributed by atoms with Crippen LogP contribution < -0.4 is 5.43 Å². The van der Waals surface area contributed by atoms with Gasteiger partial charge in [0, 0.05) is 16.5 Å². The number of halogens is 2. The summed E-state index contributed by atoms with van der Waals surface area (Å²) in [6.07, 6.45) is 1.40. The molecule has 3 rings (SSSR count). The van der Waals surface area contributed by atoms with E-state index in [2.05, 4.69) is 15.9 Å². The Morgan fingerprint density at radius 3 is 2.68 bits per heavy atom. The highest BCUT2D eigenvalue weighted by atomic mass is 79.9. The Labute approximate surface area is 135 Å². The van der Waals surface area contributed by atoms with Crippen molar-refractivity contribution in [1.29, 1.82) is 0 Å². The molecule has 0 aliphatic carbocycles. The van der Waals surface area contributed by atoms with E-state index in [9.17, 15) is 9.18 Å². The Bertz CT molecular complexity index is 899. The van der Waals surface area contributed by atoms with Gasteiger partial charge in [0.25, 0.3) is 0 Å². The van der Waals surface area contributed by atoms with Crippen LogP contribution in [0, 0.1) is 5.82 Å². The first kappa shape index (κ1) is 15.0. The van der Waals surface area contributed by atoms with Crippen LogP contribution in [-0.2, 0) is 6.42 Å². The van der Waals surface area contributed by atoms with E-state index < -0.39 is 5.82 Å². The summed E-state index contributed by atoms with van der Waals surface area (Å²) >= 11 is 3.36. The predicted octanol–water partition coefficient (Wildman–Crippen LogP) is 5.31. The fraction of sp³-hybridized carbons (Fsp3) is 0.167. The van der Waals surface area contributed by atoms with Gasteiger partial charge in [0.1, 0.15) is 17.2 Å². The highest BCUT2D eigenvalue weighted by Gasteiger charge is 2.18. The van der Waals surface area contributed by atoms with Crippen LogP contribution in [0.25, 0.3) is 22.1 Å². The predicted molar refractivity (Wildman–Crippen MR) is 89.6 cm³/mol. The maximum absolute atomic E-state index is 14.2. The topological polar surface area (TPSA) is 30.2 Å². The molecular formula is C18H14BrFO2. The highest BCUT2D eigenvalue weighted by molar-refractivity contribution is 9.10. The van der Waals surface area contributed by atoms with E-state index in [1.54, 1.807) is 30.3 Å². The van der Waals surface area contributed by atoms with Crippen molar-refractivity contribution in [1.82, 2.24) is 0 Å². The molecule has 0 amide bonds. The van der Waals surface area contributed by atoms with Crippen molar-refractivity contribution in [3.05, 3.63) is 68.7 Å². The monoisotopic (exact) mass is 360 g/mol. The van der Waals surface area contributed by atoms with Gasteiger partial charge in [0.2, 0.25) is 5.43 Å². The van der Waals surface area contributed by atoms with Crippen molar-refractivity contribution >= 4 is 26.9 Å². The van der Waals surface area contributed by atoms with Crippen LogP contribution in [0.2, 0.25) is 0 Å². The van der Waals surface area contributed by atoms with Crippen molar-refractivity contribution in [2.75, 3.05) is 0 Å². The van der Waals surface area contributed by atoms with Crippen molar-refractivity contribution in [3.8, 4) is 11.1 Å². The number of hydrogen-bond donors (Lipinski definition) is 0. The molecule has 1 aromatic heterocycles. The number of benzene rings is 2. The second-order valence-corrected chi connectivity index (χ2v) is 6.02. The average molecular weight is 361 g/mol. The van der Waals surface area contributed by atoms with E-state index in [1.165, 1.54) is 6.07 Å². The summed E-state index contributed by atoms with van der Waals surface area (Å²) < 4.78 is 20.8. The highest BCUT2D eigenvalue weighted by Crippen LogP contribution is 2.28. The summed E-state index contributed by atoms with van der Waals surface area (Å²) in [5.74, 6) is 0.119. The lowest BCUT2D eigenvalue weighted by atomic mass is 9.99. The second kappa shape index (κ2) is 6.05. The second-order valence-electron chi connectivity index (χ2n) is 5.10. The molecule has 0 fully saturated rings. The van der Waals surface area contributed by atoms with Gasteiger partial charge in [-0.3, -0.25) is 4.79 Å². The molecule has 0 saturated heterocycles. The number of hydrogen-bond acceptors (Lipinski definition) is 2. The lowest BCUT2D eigenvalue weighted by Gasteiger charge is -2.10. The first-order valence-corrected chi connectivity index (χ1v) is 7.91. The average Bonchev–Trinajstić information content (AvgIpc) is 2.50. The lowest BCUT2D eigenvalue weighted by Crippen LogP contribution is -2.10. The molecule has 2 aromatic carbocycles. The molecule has 0 bridgehead atoms. The third kappa shape index (κ3) is 2.59. The zero-order valence-corrected chi connectivity index (χ0v) is 13.6. The molecular weight excluding hydrogens is 347 g/mol. The van der Waals surface area contributed by atoms with Crippen LogP contribution in [0.1, 0.15) is 19.1 Å². The van der Waals surface area contributed by atoms with E-state index in [0.29, 0.717) is 34.3 Å². The van der Waals surface area contributed by atoms with Gasteiger partial charge in [-0.15, -0.1) is 0 Å². The third-order valence-corrected chi connectivity index (χ3v) is 4.04. The van der Waals surface area contributed by atoms with Gasteiger partial charge >= 0.3 is 0 Å². The van der Waals surface area contributed by atoms with Gasteiger partial charge in [0.05, 0.1) is 10.9 Å². The van der Waals surface area contributed by atoms with E-state index in [-0.39, 0.29) is 5.43 Å². The zero-order chi connectivity index (χ0) is 15.7. The molecule has 0 aliphatic heterocycles. The largest absolute Gasteiger partial charge is 0.460 e. The Morgan fingerprint density at radius 1 is 1.18 bits per heavy atom. The number of rotatable bonds is 3. The summed E-state index contributed by atoms with van der Waals surface area (Å²) in [6.45, 7) is 2.00. The number of aryl methyl sites for hydroxylation is 1. The van der Waals surface area contributed by atoms with Gasteiger partial charge in [0.15, 0.2) is 0 Å².